The van der Waals surface area contributed by atoms with Crippen LogP contribution in [0.5, 0.6) is 5.75 Å². The van der Waals surface area contributed by atoms with Crippen molar-refractivity contribution in [2.45, 2.75) is 12.4 Å². The van der Waals surface area contributed by atoms with Gasteiger partial charge >= 0.3 is 24.3 Å². The Hall–Kier alpha value is -2.26. The third-order valence-electron chi connectivity index (χ3n) is 1.90. The lowest BCUT2D eigenvalue weighted by atomic mass is 10.2. The Morgan fingerprint density at radius 2 is 1.48 bits per heavy atom. The van der Waals surface area contributed by atoms with Crippen molar-refractivity contribution in [2.24, 2.45) is 0 Å². The van der Waals surface area contributed by atoms with Gasteiger partial charge in [0, 0.05) is 0 Å². The summed E-state index contributed by atoms with van der Waals surface area (Å²) in [5.41, 5.74) is -0.342. The van der Waals surface area contributed by atoms with Crippen LogP contribution in [-0.4, -0.2) is 30.9 Å². The number of esters is 2. The zero-order chi connectivity index (χ0) is 16.3. The molecule has 1 rings (SSSR count). The first-order valence-corrected chi connectivity index (χ1v) is 5.12. The molecule has 10 heteroatoms. The fraction of sp³-hybridized carbons (Fsp3) is 0.273. The van der Waals surface area contributed by atoms with Gasteiger partial charge in [-0.2, -0.15) is 26.3 Å². The van der Waals surface area contributed by atoms with Crippen LogP contribution in [0, 0.1) is 0 Å². The largest absolute Gasteiger partial charge is 0.491 e. The van der Waals surface area contributed by atoms with Crippen LogP contribution in [-0.2, 0) is 9.53 Å². The van der Waals surface area contributed by atoms with Crippen molar-refractivity contribution in [2.75, 3.05) is 6.61 Å². The van der Waals surface area contributed by atoms with E-state index in [9.17, 15) is 35.9 Å². The Balaban J connectivity index is 2.66. The number of rotatable bonds is 3. The summed E-state index contributed by atoms with van der Waals surface area (Å²) in [7, 11) is 0. The van der Waals surface area contributed by atoms with E-state index in [1.807, 2.05) is 0 Å². The number of carbonyl (C=O) groups excluding carboxylic acids is 2. The first-order chi connectivity index (χ1) is 9.49. The molecule has 0 saturated heterocycles. The molecule has 116 valence electrons. The van der Waals surface area contributed by atoms with Crippen LogP contribution in [0.2, 0.25) is 0 Å². The lowest BCUT2D eigenvalue weighted by molar-refractivity contribution is -0.189. The average molecular weight is 316 g/mol. The highest BCUT2D eigenvalue weighted by molar-refractivity contribution is 5.89. The molecular weight excluding hydrogens is 310 g/mol. The van der Waals surface area contributed by atoms with Gasteiger partial charge in [0.1, 0.15) is 5.75 Å². The van der Waals surface area contributed by atoms with Crippen LogP contribution in [0.15, 0.2) is 24.3 Å². The van der Waals surface area contributed by atoms with Crippen molar-refractivity contribution in [1.29, 1.82) is 0 Å². The van der Waals surface area contributed by atoms with E-state index in [0.717, 1.165) is 24.3 Å². The zero-order valence-electron chi connectivity index (χ0n) is 9.92. The maximum atomic E-state index is 11.9. The summed E-state index contributed by atoms with van der Waals surface area (Å²) in [6.07, 6.45) is -9.89. The molecule has 1 aromatic carbocycles. The van der Waals surface area contributed by atoms with Crippen molar-refractivity contribution < 1.29 is 45.4 Å². The molecule has 0 heterocycles. The summed E-state index contributed by atoms with van der Waals surface area (Å²) in [4.78, 5) is 21.7. The highest BCUT2D eigenvalue weighted by Gasteiger charge is 2.41. The van der Waals surface area contributed by atoms with Crippen LogP contribution in [0.4, 0.5) is 26.3 Å². The third kappa shape index (κ3) is 5.71. The predicted molar refractivity (Wildman–Crippen MR) is 54.5 cm³/mol. The van der Waals surface area contributed by atoms with E-state index in [2.05, 4.69) is 9.47 Å². The number of alkyl halides is 6. The van der Waals surface area contributed by atoms with E-state index in [-0.39, 0.29) is 5.56 Å². The third-order valence-corrected chi connectivity index (χ3v) is 1.90. The quantitative estimate of drug-likeness (QED) is 0.489. The molecule has 0 aliphatic carbocycles. The number of ether oxygens (including phenoxy) is 2. The predicted octanol–water partition coefficient (Wildman–Crippen LogP) is 2.87. The minimum atomic E-state index is -5.19. The number of benzene rings is 1. The van der Waals surface area contributed by atoms with Crippen LogP contribution in [0.3, 0.4) is 0 Å². The monoisotopic (exact) mass is 316 g/mol. The van der Waals surface area contributed by atoms with Crippen molar-refractivity contribution in [3.63, 3.8) is 0 Å². The summed E-state index contributed by atoms with van der Waals surface area (Å²) in [6, 6.07) is 3.34. The second-order valence-corrected chi connectivity index (χ2v) is 3.60. The number of hydrogen-bond acceptors (Lipinski definition) is 4. The van der Waals surface area contributed by atoms with E-state index in [1.54, 1.807) is 0 Å². The first-order valence-electron chi connectivity index (χ1n) is 5.12. The molecule has 0 fully saturated rings. The summed E-state index contributed by atoms with van der Waals surface area (Å²) < 4.78 is 79.0. The van der Waals surface area contributed by atoms with Gasteiger partial charge in [0.05, 0.1) is 5.56 Å². The Bertz CT molecular complexity index is 517. The normalized spacial score (nSPS) is 11.9. The van der Waals surface area contributed by atoms with Gasteiger partial charge in [-0.25, -0.2) is 9.59 Å². The van der Waals surface area contributed by atoms with Gasteiger partial charge in [0.25, 0.3) is 0 Å². The minimum Gasteiger partial charge on any atom is -0.452 e. The van der Waals surface area contributed by atoms with Crippen LogP contribution < -0.4 is 4.74 Å². The van der Waals surface area contributed by atoms with Crippen LogP contribution in [0.1, 0.15) is 10.4 Å². The Morgan fingerprint density at radius 3 is 1.90 bits per heavy atom. The molecule has 0 atom stereocenters. The zero-order valence-corrected chi connectivity index (χ0v) is 9.92. The van der Waals surface area contributed by atoms with Crippen molar-refractivity contribution in [1.82, 2.24) is 0 Å². The number of hydrogen-bond donors (Lipinski definition) is 0. The SMILES string of the molecule is O=C(OCC(F)(F)F)c1ccc(OC(=O)C(F)(F)F)cc1. The molecule has 0 radical (unpaired) electrons. The van der Waals surface area contributed by atoms with Crippen molar-refractivity contribution >= 4 is 11.9 Å². The molecule has 0 aromatic heterocycles. The van der Waals surface area contributed by atoms with Crippen molar-refractivity contribution in [3.8, 4) is 5.75 Å². The van der Waals surface area contributed by atoms with Gasteiger partial charge in [-0.3, -0.25) is 0 Å². The van der Waals surface area contributed by atoms with Crippen molar-refractivity contribution in [3.05, 3.63) is 29.8 Å². The van der Waals surface area contributed by atoms with Gasteiger partial charge in [0.2, 0.25) is 0 Å². The van der Waals surface area contributed by atoms with Gasteiger partial charge in [-0.05, 0) is 24.3 Å². The summed E-state index contributed by atoms with van der Waals surface area (Å²) in [5, 5.41) is 0. The average Bonchev–Trinajstić information content (AvgIpc) is 2.35. The Labute approximate surface area is 113 Å². The summed E-state index contributed by atoms with van der Waals surface area (Å²) >= 11 is 0. The van der Waals surface area contributed by atoms with E-state index in [0.29, 0.717) is 0 Å². The molecule has 0 spiro atoms. The fourth-order valence-corrected chi connectivity index (χ4v) is 1.05. The standard InChI is InChI=1S/C11H6F6O4/c12-10(13,14)5-20-8(18)6-1-3-7(4-2-6)21-9(19)11(15,16)17/h1-4H,5H2. The molecule has 1 aromatic rings. The van der Waals surface area contributed by atoms with Crippen LogP contribution >= 0.6 is 0 Å². The maximum Gasteiger partial charge on any atom is 0.491 e. The lowest BCUT2D eigenvalue weighted by Gasteiger charge is -2.09. The molecule has 0 aliphatic heterocycles. The topological polar surface area (TPSA) is 52.6 Å². The second-order valence-electron chi connectivity index (χ2n) is 3.60. The highest BCUT2D eigenvalue weighted by Crippen LogP contribution is 2.21. The first kappa shape index (κ1) is 16.8. The van der Waals surface area contributed by atoms with E-state index in [1.165, 1.54) is 0 Å². The fourth-order valence-electron chi connectivity index (χ4n) is 1.05. The molecule has 4 nitrogen and oxygen atoms in total. The Morgan fingerprint density at radius 1 is 0.952 bits per heavy atom. The maximum absolute atomic E-state index is 11.9. The molecule has 0 amide bonds. The van der Waals surface area contributed by atoms with E-state index >= 15 is 0 Å². The van der Waals surface area contributed by atoms with Crippen LogP contribution in [0.25, 0.3) is 0 Å². The van der Waals surface area contributed by atoms with Gasteiger partial charge in [-0.1, -0.05) is 0 Å². The number of halogens is 6. The molecule has 0 aliphatic rings. The lowest BCUT2D eigenvalue weighted by Crippen LogP contribution is -2.27. The molecule has 0 N–H and O–H groups in total. The van der Waals surface area contributed by atoms with E-state index in [4.69, 9.17) is 0 Å². The molecule has 21 heavy (non-hydrogen) atoms. The highest BCUT2D eigenvalue weighted by atomic mass is 19.4. The molecule has 0 saturated carbocycles. The molecule has 0 bridgehead atoms. The number of carbonyl (C=O) groups is 2. The Kier molecular flexibility index (Phi) is 4.81. The smallest absolute Gasteiger partial charge is 0.452 e. The second kappa shape index (κ2) is 6.02. The van der Waals surface area contributed by atoms with Gasteiger partial charge in [0.15, 0.2) is 6.61 Å². The summed E-state index contributed by atoms with van der Waals surface area (Å²) in [5.74, 6) is -4.30. The van der Waals surface area contributed by atoms with Gasteiger partial charge < -0.3 is 9.47 Å². The van der Waals surface area contributed by atoms with Gasteiger partial charge in [-0.15, -0.1) is 0 Å². The van der Waals surface area contributed by atoms with E-state index < -0.39 is 36.6 Å². The summed E-state index contributed by atoms with van der Waals surface area (Å²) in [6.45, 7) is -1.79. The minimum absolute atomic E-state index is 0.342. The molecular formula is C11H6F6O4. The molecule has 0 unspecified atom stereocenters.